The van der Waals surface area contributed by atoms with Gasteiger partial charge in [-0.2, -0.15) is 0 Å². The van der Waals surface area contributed by atoms with Crippen molar-refractivity contribution in [3.05, 3.63) is 63.7 Å². The van der Waals surface area contributed by atoms with Gasteiger partial charge in [-0.1, -0.05) is 30.3 Å². The maximum absolute atomic E-state index is 11.8. The smallest absolute Gasteiger partial charge is 0.313 e. The lowest BCUT2D eigenvalue weighted by Crippen LogP contribution is -2.35. The Morgan fingerprint density at radius 1 is 0.870 bits per heavy atom. The van der Waals surface area contributed by atoms with Gasteiger partial charge in [-0.15, -0.1) is 0 Å². The summed E-state index contributed by atoms with van der Waals surface area (Å²) in [6, 6.07) is 17.5. The van der Waals surface area contributed by atoms with E-state index in [1.807, 2.05) is 30.3 Å². The van der Waals surface area contributed by atoms with Gasteiger partial charge in [0, 0.05) is 15.8 Å². The van der Waals surface area contributed by atoms with Crippen molar-refractivity contribution in [1.29, 1.82) is 0 Å². The first-order valence-electron chi connectivity index (χ1n) is 7.54. The van der Waals surface area contributed by atoms with Gasteiger partial charge in [-0.25, -0.2) is 0 Å². The highest BCUT2D eigenvalue weighted by molar-refractivity contribution is 14.1. The maximum Gasteiger partial charge on any atom is 0.313 e. The van der Waals surface area contributed by atoms with Crippen LogP contribution < -0.4 is 10.6 Å². The summed E-state index contributed by atoms with van der Waals surface area (Å²) < 4.78 is 1.07. The number of nitrogens with one attached hydrogen (secondary N) is 2. The molecule has 2 N–H and O–H groups in total. The van der Waals surface area contributed by atoms with Crippen molar-refractivity contribution < 1.29 is 9.59 Å². The van der Waals surface area contributed by atoms with Gasteiger partial charge in [0.05, 0.1) is 0 Å². The molecule has 0 atom stereocenters. The average molecular weight is 422 g/mol. The lowest BCUT2D eigenvalue weighted by Gasteiger charge is -2.07. The summed E-state index contributed by atoms with van der Waals surface area (Å²) in [7, 11) is 0. The first kappa shape index (κ1) is 17.5. The molecule has 0 aromatic heterocycles. The number of benzene rings is 2. The predicted octanol–water partition coefficient (Wildman–Crippen LogP) is 3.37. The van der Waals surface area contributed by atoms with Crippen LogP contribution in [0.4, 0.5) is 5.69 Å². The van der Waals surface area contributed by atoms with E-state index >= 15 is 0 Å². The fourth-order valence-corrected chi connectivity index (χ4v) is 2.46. The molecule has 120 valence electrons. The third-order valence-electron chi connectivity index (χ3n) is 3.33. The second kappa shape index (κ2) is 9.29. The summed E-state index contributed by atoms with van der Waals surface area (Å²) >= 11 is 2.18. The van der Waals surface area contributed by atoms with Crippen LogP contribution in [0.3, 0.4) is 0 Å². The van der Waals surface area contributed by atoms with Crippen molar-refractivity contribution in [3.63, 3.8) is 0 Å². The van der Waals surface area contributed by atoms with Crippen molar-refractivity contribution in [2.45, 2.75) is 19.3 Å². The number of carbonyl (C=O) groups is 2. The van der Waals surface area contributed by atoms with E-state index in [2.05, 4.69) is 45.4 Å². The number of unbranched alkanes of at least 4 members (excludes halogenated alkanes) is 1. The van der Waals surface area contributed by atoms with Crippen LogP contribution in [0.15, 0.2) is 54.6 Å². The third-order valence-corrected chi connectivity index (χ3v) is 4.05. The third kappa shape index (κ3) is 6.40. The molecule has 0 saturated carbocycles. The molecule has 23 heavy (non-hydrogen) atoms. The SMILES string of the molecule is O=C(NCCCCc1ccccc1)C(=O)Nc1ccc(I)cc1. The molecule has 0 saturated heterocycles. The zero-order valence-corrected chi connectivity index (χ0v) is 14.9. The number of halogens is 1. The number of aryl methyl sites for hydroxylation is 1. The highest BCUT2D eigenvalue weighted by Gasteiger charge is 2.12. The van der Waals surface area contributed by atoms with E-state index in [0.29, 0.717) is 12.2 Å². The minimum atomic E-state index is -0.630. The van der Waals surface area contributed by atoms with Crippen LogP contribution in [0.25, 0.3) is 0 Å². The average Bonchev–Trinajstić information content (AvgIpc) is 2.57. The lowest BCUT2D eigenvalue weighted by atomic mass is 10.1. The Kier molecular flexibility index (Phi) is 7.06. The van der Waals surface area contributed by atoms with Crippen molar-refractivity contribution in [2.75, 3.05) is 11.9 Å². The van der Waals surface area contributed by atoms with Crippen LogP contribution in [0, 0.1) is 3.57 Å². The summed E-state index contributed by atoms with van der Waals surface area (Å²) in [5.74, 6) is -1.22. The van der Waals surface area contributed by atoms with E-state index in [1.54, 1.807) is 12.1 Å². The molecule has 4 nitrogen and oxygen atoms in total. The van der Waals surface area contributed by atoms with Crippen LogP contribution in [0.5, 0.6) is 0 Å². The summed E-state index contributed by atoms with van der Waals surface area (Å²) in [6.07, 6.45) is 2.80. The molecule has 0 heterocycles. The zero-order valence-electron chi connectivity index (χ0n) is 12.7. The topological polar surface area (TPSA) is 58.2 Å². The molecule has 0 aliphatic rings. The van der Waals surface area contributed by atoms with Gasteiger partial charge in [0.15, 0.2) is 0 Å². The molecule has 0 aliphatic heterocycles. The van der Waals surface area contributed by atoms with Crippen molar-refractivity contribution in [3.8, 4) is 0 Å². The fraction of sp³-hybridized carbons (Fsp3) is 0.222. The van der Waals surface area contributed by atoms with E-state index in [-0.39, 0.29) is 0 Å². The largest absolute Gasteiger partial charge is 0.348 e. The summed E-state index contributed by atoms with van der Waals surface area (Å²) in [5, 5.41) is 5.23. The van der Waals surface area contributed by atoms with Gasteiger partial charge in [-0.05, 0) is 71.7 Å². The minimum Gasteiger partial charge on any atom is -0.348 e. The minimum absolute atomic E-state index is 0.506. The Labute approximate surface area is 149 Å². The van der Waals surface area contributed by atoms with Gasteiger partial charge in [0.2, 0.25) is 0 Å². The zero-order chi connectivity index (χ0) is 16.5. The highest BCUT2D eigenvalue weighted by atomic mass is 127. The normalized spacial score (nSPS) is 10.1. The molecule has 2 amide bonds. The summed E-state index contributed by atoms with van der Waals surface area (Å²) in [5.41, 5.74) is 1.91. The Bertz CT molecular complexity index is 642. The van der Waals surface area contributed by atoms with E-state index in [4.69, 9.17) is 0 Å². The van der Waals surface area contributed by atoms with Crippen LogP contribution in [-0.4, -0.2) is 18.4 Å². The lowest BCUT2D eigenvalue weighted by molar-refractivity contribution is -0.136. The Balaban J connectivity index is 1.64. The van der Waals surface area contributed by atoms with E-state index in [1.165, 1.54) is 5.56 Å². The summed E-state index contributed by atoms with van der Waals surface area (Å²) in [4.78, 5) is 23.5. The molecule has 0 spiro atoms. The number of anilines is 1. The molecule has 0 bridgehead atoms. The van der Waals surface area contributed by atoms with E-state index in [0.717, 1.165) is 22.8 Å². The maximum atomic E-state index is 11.8. The van der Waals surface area contributed by atoms with Crippen LogP contribution in [-0.2, 0) is 16.0 Å². The molecular weight excluding hydrogens is 403 g/mol. The van der Waals surface area contributed by atoms with Crippen LogP contribution in [0.2, 0.25) is 0 Å². The molecule has 2 aromatic rings. The monoisotopic (exact) mass is 422 g/mol. The number of carbonyl (C=O) groups excluding carboxylic acids is 2. The number of hydrogen-bond acceptors (Lipinski definition) is 2. The fourth-order valence-electron chi connectivity index (χ4n) is 2.10. The molecular formula is C18H19IN2O2. The van der Waals surface area contributed by atoms with E-state index < -0.39 is 11.8 Å². The molecule has 0 unspecified atom stereocenters. The van der Waals surface area contributed by atoms with Crippen molar-refractivity contribution >= 4 is 40.1 Å². The van der Waals surface area contributed by atoms with Crippen molar-refractivity contribution in [1.82, 2.24) is 5.32 Å². The summed E-state index contributed by atoms with van der Waals surface area (Å²) in [6.45, 7) is 0.506. The molecule has 2 rings (SSSR count). The van der Waals surface area contributed by atoms with Crippen LogP contribution in [0.1, 0.15) is 18.4 Å². The Morgan fingerprint density at radius 3 is 2.26 bits per heavy atom. The second-order valence-corrected chi connectivity index (χ2v) is 6.41. The van der Waals surface area contributed by atoms with Crippen molar-refractivity contribution in [2.24, 2.45) is 0 Å². The standard InChI is InChI=1S/C18H19IN2O2/c19-15-9-11-16(12-10-15)21-18(23)17(22)20-13-5-4-8-14-6-2-1-3-7-14/h1-3,6-7,9-12H,4-5,8,13H2,(H,20,22)(H,21,23). The van der Waals surface area contributed by atoms with Gasteiger partial charge in [0.1, 0.15) is 0 Å². The predicted molar refractivity (Wildman–Crippen MR) is 100 cm³/mol. The molecule has 0 aliphatic carbocycles. The van der Waals surface area contributed by atoms with Gasteiger partial charge in [-0.3, -0.25) is 9.59 Å². The number of amides is 2. The van der Waals surface area contributed by atoms with Gasteiger partial charge < -0.3 is 10.6 Å². The molecule has 0 radical (unpaired) electrons. The van der Waals surface area contributed by atoms with Gasteiger partial charge in [0.25, 0.3) is 0 Å². The molecule has 5 heteroatoms. The first-order chi connectivity index (χ1) is 11.1. The second-order valence-electron chi connectivity index (χ2n) is 5.16. The number of rotatable bonds is 6. The highest BCUT2D eigenvalue weighted by Crippen LogP contribution is 2.10. The number of hydrogen-bond donors (Lipinski definition) is 2. The van der Waals surface area contributed by atoms with E-state index in [9.17, 15) is 9.59 Å². The molecule has 2 aromatic carbocycles. The quantitative estimate of drug-likeness (QED) is 0.426. The first-order valence-corrected chi connectivity index (χ1v) is 8.62. The Hall–Kier alpha value is -1.89. The Morgan fingerprint density at radius 2 is 1.57 bits per heavy atom. The van der Waals surface area contributed by atoms with Gasteiger partial charge >= 0.3 is 11.8 Å². The molecule has 0 fully saturated rings. The van der Waals surface area contributed by atoms with Crippen LogP contribution >= 0.6 is 22.6 Å².